The minimum Gasteiger partial charge on any atom is -0.355 e. The molecule has 2 aromatic carbocycles. The number of hydrogen-bond donors (Lipinski definition) is 1. The first-order chi connectivity index (χ1) is 16.1. The smallest absolute Gasteiger partial charge is 0.241 e. The number of carbonyl (C=O) groups is 1. The molecule has 33 heavy (non-hydrogen) atoms. The summed E-state index contributed by atoms with van der Waals surface area (Å²) in [5.41, 5.74) is 3.60. The van der Waals surface area contributed by atoms with Crippen LogP contribution >= 0.6 is 27.7 Å². The number of thioether (sulfide) groups is 1. The average Bonchev–Trinajstić information content (AvgIpc) is 3.29. The number of amides is 1. The Hall–Kier alpha value is -2.16. The fraction of sp³-hybridized carbons (Fsp3) is 0.400. The van der Waals surface area contributed by atoms with Crippen LogP contribution in [0.15, 0.2) is 57.5 Å². The van der Waals surface area contributed by atoms with Crippen molar-refractivity contribution in [2.75, 3.05) is 25.4 Å². The van der Waals surface area contributed by atoms with Crippen molar-refractivity contribution in [2.24, 2.45) is 5.92 Å². The number of benzene rings is 2. The van der Waals surface area contributed by atoms with E-state index < -0.39 is 0 Å². The van der Waals surface area contributed by atoms with Gasteiger partial charge in [0.15, 0.2) is 0 Å². The highest BCUT2D eigenvalue weighted by atomic mass is 79.9. The molecule has 1 atom stereocenters. The molecular weight excluding hydrogens is 500 g/mol. The second kappa shape index (κ2) is 11.8. The minimum atomic E-state index is 0.00832. The first kappa shape index (κ1) is 24.0. The largest absolute Gasteiger partial charge is 0.355 e. The highest BCUT2D eigenvalue weighted by Crippen LogP contribution is 2.22. The van der Waals surface area contributed by atoms with Crippen LogP contribution in [0.25, 0.3) is 11.4 Å². The third kappa shape index (κ3) is 6.91. The maximum Gasteiger partial charge on any atom is 0.241 e. The summed E-state index contributed by atoms with van der Waals surface area (Å²) < 4.78 is 6.48. The molecule has 0 saturated carbocycles. The molecule has 1 fully saturated rings. The van der Waals surface area contributed by atoms with E-state index in [2.05, 4.69) is 67.5 Å². The van der Waals surface area contributed by atoms with Gasteiger partial charge in [0.2, 0.25) is 17.6 Å². The van der Waals surface area contributed by atoms with Gasteiger partial charge in [-0.25, -0.2) is 0 Å². The molecule has 0 spiro atoms. The highest BCUT2D eigenvalue weighted by molar-refractivity contribution is 9.10. The van der Waals surface area contributed by atoms with E-state index in [0.717, 1.165) is 47.5 Å². The number of rotatable bonds is 9. The van der Waals surface area contributed by atoms with Crippen molar-refractivity contribution >= 4 is 33.6 Å². The van der Waals surface area contributed by atoms with Crippen molar-refractivity contribution in [3.05, 3.63) is 70.0 Å². The number of hydrogen-bond acceptors (Lipinski definition) is 6. The maximum absolute atomic E-state index is 12.7. The summed E-state index contributed by atoms with van der Waals surface area (Å²) >= 11 is 5.29. The van der Waals surface area contributed by atoms with Crippen LogP contribution in [0.3, 0.4) is 0 Å². The van der Waals surface area contributed by atoms with E-state index in [1.807, 2.05) is 36.0 Å². The van der Waals surface area contributed by atoms with Crippen molar-refractivity contribution < 1.29 is 9.32 Å². The summed E-state index contributed by atoms with van der Waals surface area (Å²) in [5.74, 6) is 3.23. The normalized spacial score (nSPS) is 16.6. The molecule has 3 aromatic rings. The third-order valence-electron chi connectivity index (χ3n) is 5.87. The Morgan fingerprint density at radius 1 is 1.24 bits per heavy atom. The third-order valence-corrected chi connectivity index (χ3v) is 7.41. The number of aryl methyl sites for hydroxylation is 1. The fourth-order valence-corrected chi connectivity index (χ4v) is 5.18. The zero-order valence-electron chi connectivity index (χ0n) is 18.8. The molecule has 8 heteroatoms. The van der Waals surface area contributed by atoms with Gasteiger partial charge in [0.25, 0.3) is 0 Å². The van der Waals surface area contributed by atoms with Gasteiger partial charge in [-0.05, 0) is 61.7 Å². The quantitative estimate of drug-likeness (QED) is 0.391. The zero-order chi connectivity index (χ0) is 23.0. The van der Waals surface area contributed by atoms with Crippen LogP contribution in [-0.2, 0) is 17.1 Å². The van der Waals surface area contributed by atoms with E-state index in [1.165, 1.54) is 11.1 Å². The van der Waals surface area contributed by atoms with Gasteiger partial charge in [0.1, 0.15) is 0 Å². The molecule has 0 aliphatic carbocycles. The molecule has 1 unspecified atom stereocenters. The van der Waals surface area contributed by atoms with Crippen LogP contribution in [0.5, 0.6) is 0 Å². The molecule has 0 bridgehead atoms. The van der Waals surface area contributed by atoms with Crippen LogP contribution < -0.4 is 5.32 Å². The first-order valence-electron chi connectivity index (χ1n) is 11.3. The van der Waals surface area contributed by atoms with Crippen molar-refractivity contribution in [1.82, 2.24) is 20.4 Å². The van der Waals surface area contributed by atoms with Crippen molar-refractivity contribution in [2.45, 2.75) is 32.1 Å². The molecule has 4 rings (SSSR count). The summed E-state index contributed by atoms with van der Waals surface area (Å²) in [6.45, 7) is 5.07. The van der Waals surface area contributed by atoms with Gasteiger partial charge in [-0.1, -0.05) is 45.4 Å². The Bertz CT molecular complexity index is 1060. The predicted octanol–water partition coefficient (Wildman–Crippen LogP) is 5.07. The van der Waals surface area contributed by atoms with E-state index in [0.29, 0.717) is 24.8 Å². The number of aromatic nitrogens is 2. The lowest BCUT2D eigenvalue weighted by Gasteiger charge is -2.30. The Labute approximate surface area is 207 Å². The molecule has 174 valence electrons. The summed E-state index contributed by atoms with van der Waals surface area (Å²) in [6, 6.07) is 16.3. The number of nitrogens with zero attached hydrogens (tertiary/aromatic N) is 3. The summed E-state index contributed by atoms with van der Waals surface area (Å²) in [7, 11) is 0. The predicted molar refractivity (Wildman–Crippen MR) is 136 cm³/mol. The van der Waals surface area contributed by atoms with Crippen LogP contribution in [-0.4, -0.2) is 46.3 Å². The van der Waals surface area contributed by atoms with E-state index in [-0.39, 0.29) is 11.8 Å². The SMILES string of the molecule is Cc1ccccc1CSCCNC(=O)C1CCCN(Cc2nc(-c3ccc(Br)cc3)no2)C1. The Morgan fingerprint density at radius 2 is 2.06 bits per heavy atom. The van der Waals surface area contributed by atoms with E-state index in [4.69, 9.17) is 4.52 Å². The first-order valence-corrected chi connectivity index (χ1v) is 13.2. The summed E-state index contributed by atoms with van der Waals surface area (Å²) in [4.78, 5) is 19.5. The number of likely N-dealkylation sites (tertiary alicyclic amines) is 1. The van der Waals surface area contributed by atoms with Crippen molar-refractivity contribution in [3.63, 3.8) is 0 Å². The molecule has 1 aliphatic rings. The maximum atomic E-state index is 12.7. The summed E-state index contributed by atoms with van der Waals surface area (Å²) in [6.07, 6.45) is 1.92. The molecule has 1 aromatic heterocycles. The van der Waals surface area contributed by atoms with Gasteiger partial charge in [-0.15, -0.1) is 0 Å². The highest BCUT2D eigenvalue weighted by Gasteiger charge is 2.26. The topological polar surface area (TPSA) is 71.3 Å². The molecule has 1 N–H and O–H groups in total. The van der Waals surface area contributed by atoms with Gasteiger partial charge in [0.05, 0.1) is 12.5 Å². The second-order valence-corrected chi connectivity index (χ2v) is 10.4. The number of nitrogens with one attached hydrogen (secondary N) is 1. The fourth-order valence-electron chi connectivity index (χ4n) is 3.98. The lowest BCUT2D eigenvalue weighted by molar-refractivity contribution is -0.126. The zero-order valence-corrected chi connectivity index (χ0v) is 21.2. The number of carbonyl (C=O) groups excluding carboxylic acids is 1. The molecular formula is C25H29BrN4O2S. The number of piperidine rings is 1. The molecule has 6 nitrogen and oxygen atoms in total. The van der Waals surface area contributed by atoms with Crippen LogP contribution in [0.2, 0.25) is 0 Å². The van der Waals surface area contributed by atoms with Crippen molar-refractivity contribution in [3.8, 4) is 11.4 Å². The van der Waals surface area contributed by atoms with Gasteiger partial charge in [-0.2, -0.15) is 16.7 Å². The molecule has 1 saturated heterocycles. The standard InChI is InChI=1S/C25H29BrN4O2S/c1-18-5-2-3-6-21(18)17-33-14-12-27-25(31)20-7-4-13-30(15-20)16-23-28-24(29-32-23)19-8-10-22(26)11-9-19/h2-3,5-6,8-11,20H,4,7,12-17H2,1H3,(H,27,31). The Balaban J connectivity index is 1.20. The van der Waals surface area contributed by atoms with Crippen LogP contribution in [0.1, 0.15) is 29.9 Å². The van der Waals surface area contributed by atoms with Gasteiger partial charge >= 0.3 is 0 Å². The van der Waals surface area contributed by atoms with Crippen LogP contribution in [0.4, 0.5) is 0 Å². The molecule has 1 aliphatic heterocycles. The number of halogens is 1. The Kier molecular flexibility index (Phi) is 8.58. The average molecular weight is 530 g/mol. The van der Waals surface area contributed by atoms with E-state index >= 15 is 0 Å². The lowest BCUT2D eigenvalue weighted by Crippen LogP contribution is -2.43. The van der Waals surface area contributed by atoms with Crippen molar-refractivity contribution in [1.29, 1.82) is 0 Å². The molecule has 1 amide bonds. The van der Waals surface area contributed by atoms with E-state index in [9.17, 15) is 4.79 Å². The summed E-state index contributed by atoms with van der Waals surface area (Å²) in [5, 5.41) is 7.24. The molecule has 2 heterocycles. The monoisotopic (exact) mass is 528 g/mol. The minimum absolute atomic E-state index is 0.00832. The van der Waals surface area contributed by atoms with Gasteiger partial charge in [-0.3, -0.25) is 9.69 Å². The molecule has 0 radical (unpaired) electrons. The van der Waals surface area contributed by atoms with Crippen LogP contribution in [0, 0.1) is 12.8 Å². The Morgan fingerprint density at radius 3 is 2.88 bits per heavy atom. The lowest BCUT2D eigenvalue weighted by atomic mass is 9.97. The van der Waals surface area contributed by atoms with E-state index in [1.54, 1.807) is 0 Å². The van der Waals surface area contributed by atoms with Gasteiger partial charge in [0, 0.05) is 34.6 Å². The van der Waals surface area contributed by atoms with Gasteiger partial charge < -0.3 is 9.84 Å². The second-order valence-electron chi connectivity index (χ2n) is 8.36.